The molecule has 0 heterocycles. The molecule has 0 aliphatic rings. The molecule has 214 valence electrons. The number of hydrogen-bond donors (Lipinski definition) is 1. The molecule has 0 bridgehead atoms. The Bertz CT molecular complexity index is 1450. The van der Waals surface area contributed by atoms with Crippen LogP contribution in [0.2, 0.25) is 10.0 Å². The Balaban J connectivity index is 2.07. The van der Waals surface area contributed by atoms with E-state index in [1.807, 2.05) is 52.0 Å². The van der Waals surface area contributed by atoms with Gasteiger partial charge < -0.3 is 10.2 Å². The van der Waals surface area contributed by atoms with Crippen molar-refractivity contribution in [1.29, 1.82) is 0 Å². The Morgan fingerprint density at radius 2 is 1.50 bits per heavy atom. The summed E-state index contributed by atoms with van der Waals surface area (Å²) in [5, 5.41) is 3.33. The molecule has 0 aliphatic heterocycles. The van der Waals surface area contributed by atoms with Gasteiger partial charge in [-0.05, 0) is 82.6 Å². The zero-order chi connectivity index (χ0) is 29.8. The van der Waals surface area contributed by atoms with Crippen LogP contribution in [0, 0.1) is 6.92 Å². The van der Waals surface area contributed by atoms with Crippen LogP contribution in [0.25, 0.3) is 0 Å². The van der Waals surface area contributed by atoms with Crippen LogP contribution in [-0.2, 0) is 26.2 Å². The Labute approximate surface area is 254 Å². The highest BCUT2D eigenvalue weighted by molar-refractivity contribution is 9.10. The molecule has 0 aliphatic carbocycles. The molecule has 3 aromatic rings. The monoisotopic (exact) mass is 667 g/mol. The second-order valence-electron chi connectivity index (χ2n) is 10.5. The highest BCUT2D eigenvalue weighted by Crippen LogP contribution is 2.30. The zero-order valence-corrected chi connectivity index (χ0v) is 26.8. The SMILES string of the molecule is Cc1ccc(S(=O)(=O)N(CC(=O)N(Cc2ccc(Br)cc2)C(C)C(=O)NC(C)(C)C)c2cc(Cl)cc(Cl)c2)cc1. The molecule has 1 unspecified atom stereocenters. The van der Waals surface area contributed by atoms with Crippen LogP contribution in [-0.4, -0.2) is 43.3 Å². The first-order valence-corrected chi connectivity index (χ1v) is 15.5. The predicted molar refractivity (Wildman–Crippen MR) is 164 cm³/mol. The number of benzene rings is 3. The first-order valence-electron chi connectivity index (χ1n) is 12.5. The maximum absolute atomic E-state index is 14.0. The summed E-state index contributed by atoms with van der Waals surface area (Å²) in [5.41, 5.74) is 1.25. The molecule has 40 heavy (non-hydrogen) atoms. The quantitative estimate of drug-likeness (QED) is 0.279. The molecule has 7 nitrogen and oxygen atoms in total. The number of amides is 2. The second-order valence-corrected chi connectivity index (χ2v) is 14.2. The van der Waals surface area contributed by atoms with Crippen molar-refractivity contribution in [2.75, 3.05) is 10.8 Å². The predicted octanol–water partition coefficient (Wildman–Crippen LogP) is 6.59. The summed E-state index contributed by atoms with van der Waals surface area (Å²) in [6.07, 6.45) is 0. The number of hydrogen-bond acceptors (Lipinski definition) is 4. The van der Waals surface area contributed by atoms with Gasteiger partial charge in [-0.2, -0.15) is 0 Å². The van der Waals surface area contributed by atoms with E-state index in [1.165, 1.54) is 35.2 Å². The lowest BCUT2D eigenvalue weighted by atomic mass is 10.1. The van der Waals surface area contributed by atoms with Gasteiger partial charge in [0.2, 0.25) is 11.8 Å². The molecule has 3 rings (SSSR count). The van der Waals surface area contributed by atoms with Gasteiger partial charge in [0.25, 0.3) is 10.0 Å². The van der Waals surface area contributed by atoms with Crippen molar-refractivity contribution in [1.82, 2.24) is 10.2 Å². The number of carbonyl (C=O) groups is 2. The van der Waals surface area contributed by atoms with E-state index in [0.29, 0.717) is 0 Å². The molecule has 1 N–H and O–H groups in total. The lowest BCUT2D eigenvalue weighted by Gasteiger charge is -2.33. The molecule has 0 radical (unpaired) electrons. The topological polar surface area (TPSA) is 86.8 Å². The van der Waals surface area contributed by atoms with Crippen molar-refractivity contribution in [2.45, 2.75) is 57.6 Å². The molecule has 0 aromatic heterocycles. The molecular weight excluding hydrogens is 637 g/mol. The van der Waals surface area contributed by atoms with Crippen LogP contribution in [0.1, 0.15) is 38.8 Å². The molecular formula is C29H32BrCl2N3O4S. The van der Waals surface area contributed by atoms with Crippen LogP contribution < -0.4 is 9.62 Å². The van der Waals surface area contributed by atoms with Gasteiger partial charge in [0.05, 0.1) is 10.6 Å². The highest BCUT2D eigenvalue weighted by Gasteiger charge is 2.33. The van der Waals surface area contributed by atoms with Crippen molar-refractivity contribution in [3.05, 3.63) is 92.4 Å². The van der Waals surface area contributed by atoms with Gasteiger partial charge in [-0.1, -0.05) is 69.0 Å². The van der Waals surface area contributed by atoms with Crippen LogP contribution in [0.4, 0.5) is 5.69 Å². The van der Waals surface area contributed by atoms with E-state index < -0.39 is 34.1 Å². The number of nitrogens with zero attached hydrogens (tertiary/aromatic N) is 2. The normalized spacial score (nSPS) is 12.5. The van der Waals surface area contributed by atoms with Crippen LogP contribution in [0.5, 0.6) is 0 Å². The van der Waals surface area contributed by atoms with E-state index in [9.17, 15) is 18.0 Å². The lowest BCUT2D eigenvalue weighted by Crippen LogP contribution is -2.54. The Kier molecular flexibility index (Phi) is 10.3. The lowest BCUT2D eigenvalue weighted by molar-refractivity contribution is -0.140. The minimum Gasteiger partial charge on any atom is -0.350 e. The van der Waals surface area contributed by atoms with Gasteiger partial charge in [0.1, 0.15) is 12.6 Å². The summed E-state index contributed by atoms with van der Waals surface area (Å²) in [5.74, 6) is -0.942. The standard InChI is InChI=1S/C29H32BrCl2N3O4S/c1-19-6-12-26(13-7-19)40(38,39)35(25-15-23(31)14-24(32)16-25)18-27(36)34(17-21-8-10-22(30)11-9-21)20(2)28(37)33-29(3,4)5/h6-16,20H,17-18H2,1-5H3,(H,33,37). The minimum atomic E-state index is -4.22. The number of sulfonamides is 1. The summed E-state index contributed by atoms with van der Waals surface area (Å²) in [6.45, 7) is 8.49. The third-order valence-corrected chi connectivity index (χ3v) is 8.71. The van der Waals surface area contributed by atoms with Crippen LogP contribution >= 0.6 is 39.1 Å². The number of aryl methyl sites for hydroxylation is 1. The Morgan fingerprint density at radius 1 is 0.950 bits per heavy atom. The molecule has 2 amide bonds. The molecule has 0 fully saturated rings. The van der Waals surface area contributed by atoms with Crippen molar-refractivity contribution in [3.8, 4) is 0 Å². The van der Waals surface area contributed by atoms with Gasteiger partial charge in [0.15, 0.2) is 0 Å². The molecule has 0 spiro atoms. The van der Waals surface area contributed by atoms with E-state index in [1.54, 1.807) is 19.1 Å². The maximum Gasteiger partial charge on any atom is 0.264 e. The average molecular weight is 669 g/mol. The van der Waals surface area contributed by atoms with Gasteiger partial charge >= 0.3 is 0 Å². The fourth-order valence-corrected chi connectivity index (χ4v) is 6.07. The van der Waals surface area contributed by atoms with Crippen molar-refractivity contribution in [3.63, 3.8) is 0 Å². The molecule has 11 heteroatoms. The van der Waals surface area contributed by atoms with Gasteiger partial charge in [0, 0.05) is 26.6 Å². The van der Waals surface area contributed by atoms with E-state index in [2.05, 4.69) is 21.2 Å². The molecule has 0 saturated heterocycles. The van der Waals surface area contributed by atoms with E-state index in [-0.39, 0.29) is 33.1 Å². The first kappa shape index (κ1) is 31.9. The molecule has 1 atom stereocenters. The van der Waals surface area contributed by atoms with Crippen molar-refractivity contribution >= 4 is 66.7 Å². The van der Waals surface area contributed by atoms with Gasteiger partial charge in [-0.3, -0.25) is 13.9 Å². The van der Waals surface area contributed by atoms with E-state index in [4.69, 9.17) is 23.2 Å². The minimum absolute atomic E-state index is 0.0000170. The third-order valence-electron chi connectivity index (χ3n) is 5.95. The van der Waals surface area contributed by atoms with Crippen molar-refractivity contribution in [2.24, 2.45) is 0 Å². The molecule has 3 aromatic carbocycles. The maximum atomic E-state index is 14.0. The summed E-state index contributed by atoms with van der Waals surface area (Å²) in [4.78, 5) is 28.5. The van der Waals surface area contributed by atoms with Gasteiger partial charge in [-0.15, -0.1) is 0 Å². The summed E-state index contributed by atoms with van der Waals surface area (Å²) < 4.78 is 29.6. The van der Waals surface area contributed by atoms with E-state index in [0.717, 1.165) is 19.9 Å². The third kappa shape index (κ3) is 8.46. The van der Waals surface area contributed by atoms with Crippen LogP contribution in [0.3, 0.4) is 0 Å². The fourth-order valence-electron chi connectivity index (χ4n) is 3.89. The largest absolute Gasteiger partial charge is 0.350 e. The number of nitrogens with one attached hydrogen (secondary N) is 1. The summed E-state index contributed by atoms with van der Waals surface area (Å²) in [6, 6.07) is 17.1. The number of carbonyl (C=O) groups excluding carboxylic acids is 2. The second kappa shape index (κ2) is 12.9. The molecule has 0 saturated carbocycles. The number of rotatable bonds is 9. The van der Waals surface area contributed by atoms with Crippen molar-refractivity contribution < 1.29 is 18.0 Å². The fraction of sp³-hybridized carbons (Fsp3) is 0.310. The number of anilines is 1. The van der Waals surface area contributed by atoms with Gasteiger partial charge in [-0.25, -0.2) is 8.42 Å². The number of halogens is 3. The summed E-state index contributed by atoms with van der Waals surface area (Å²) in [7, 11) is -4.22. The van der Waals surface area contributed by atoms with Crippen LogP contribution in [0.15, 0.2) is 76.1 Å². The Morgan fingerprint density at radius 3 is 2.02 bits per heavy atom. The summed E-state index contributed by atoms with van der Waals surface area (Å²) >= 11 is 15.9. The average Bonchev–Trinajstić information content (AvgIpc) is 2.85. The Hall–Kier alpha value is -2.59. The highest BCUT2D eigenvalue weighted by atomic mass is 79.9. The van der Waals surface area contributed by atoms with E-state index >= 15 is 0 Å². The smallest absolute Gasteiger partial charge is 0.264 e. The zero-order valence-electron chi connectivity index (χ0n) is 22.9. The first-order chi connectivity index (χ1) is 18.6.